The molecule has 0 saturated carbocycles. The standard InChI is InChI=1S/C17H19FN2O4/c18-12-4-5-16(24-7-6-19)14(9-12)17(23)20-10-15(22)11-2-1-3-13(21)8-11/h1-5,8-9,15,21-22H,6-7,10,19H2,(H,20,23)/t15-/m0/s1. The molecule has 0 bridgehead atoms. The number of benzene rings is 2. The molecule has 1 amide bonds. The number of aliphatic hydroxyl groups excluding tert-OH is 1. The number of amides is 1. The molecule has 0 saturated heterocycles. The van der Waals surface area contributed by atoms with Crippen molar-refractivity contribution in [2.75, 3.05) is 19.7 Å². The smallest absolute Gasteiger partial charge is 0.255 e. The Hall–Kier alpha value is -2.64. The average Bonchev–Trinajstić information content (AvgIpc) is 2.58. The van der Waals surface area contributed by atoms with Gasteiger partial charge in [-0.05, 0) is 35.9 Å². The average molecular weight is 334 g/mol. The molecule has 0 aromatic heterocycles. The zero-order chi connectivity index (χ0) is 17.5. The molecule has 1 atom stereocenters. The van der Waals surface area contributed by atoms with Gasteiger partial charge in [-0.1, -0.05) is 12.1 Å². The van der Waals surface area contributed by atoms with Crippen LogP contribution < -0.4 is 15.8 Å². The summed E-state index contributed by atoms with van der Waals surface area (Å²) < 4.78 is 18.7. The van der Waals surface area contributed by atoms with E-state index < -0.39 is 17.8 Å². The quantitative estimate of drug-likeness (QED) is 0.611. The number of ether oxygens (including phenoxy) is 1. The van der Waals surface area contributed by atoms with E-state index in [0.29, 0.717) is 5.56 Å². The number of nitrogens with one attached hydrogen (secondary N) is 1. The van der Waals surface area contributed by atoms with Gasteiger partial charge >= 0.3 is 0 Å². The molecule has 0 aliphatic carbocycles. The molecule has 24 heavy (non-hydrogen) atoms. The molecule has 128 valence electrons. The van der Waals surface area contributed by atoms with E-state index in [1.807, 2.05) is 0 Å². The molecular weight excluding hydrogens is 315 g/mol. The van der Waals surface area contributed by atoms with Crippen LogP contribution in [0, 0.1) is 5.82 Å². The minimum atomic E-state index is -1.01. The normalized spacial score (nSPS) is 11.8. The van der Waals surface area contributed by atoms with E-state index in [2.05, 4.69) is 5.32 Å². The maximum Gasteiger partial charge on any atom is 0.255 e. The molecular formula is C17H19FN2O4. The van der Waals surface area contributed by atoms with E-state index >= 15 is 0 Å². The highest BCUT2D eigenvalue weighted by Crippen LogP contribution is 2.21. The van der Waals surface area contributed by atoms with Crippen LogP contribution in [0.3, 0.4) is 0 Å². The third kappa shape index (κ3) is 4.68. The van der Waals surface area contributed by atoms with Gasteiger partial charge in [0, 0.05) is 13.1 Å². The highest BCUT2D eigenvalue weighted by Gasteiger charge is 2.16. The van der Waals surface area contributed by atoms with Crippen LogP contribution in [0.15, 0.2) is 42.5 Å². The van der Waals surface area contributed by atoms with E-state index in [4.69, 9.17) is 10.5 Å². The van der Waals surface area contributed by atoms with E-state index in [9.17, 15) is 19.4 Å². The van der Waals surface area contributed by atoms with Crippen molar-refractivity contribution in [3.8, 4) is 11.5 Å². The molecule has 7 heteroatoms. The second kappa shape index (κ2) is 8.28. The summed E-state index contributed by atoms with van der Waals surface area (Å²) in [6, 6.07) is 9.67. The lowest BCUT2D eigenvalue weighted by Crippen LogP contribution is -2.29. The zero-order valence-corrected chi connectivity index (χ0v) is 12.9. The number of aromatic hydroxyl groups is 1. The number of nitrogens with two attached hydrogens (primary N) is 1. The lowest BCUT2D eigenvalue weighted by atomic mass is 10.1. The summed E-state index contributed by atoms with van der Waals surface area (Å²) in [5, 5.41) is 22.0. The predicted molar refractivity (Wildman–Crippen MR) is 86.3 cm³/mol. The number of hydrogen-bond acceptors (Lipinski definition) is 5. The first-order valence-corrected chi connectivity index (χ1v) is 7.39. The summed E-state index contributed by atoms with van der Waals surface area (Å²) in [4.78, 5) is 12.2. The number of halogens is 1. The summed E-state index contributed by atoms with van der Waals surface area (Å²) in [7, 11) is 0. The van der Waals surface area contributed by atoms with Crippen LogP contribution in [0.2, 0.25) is 0 Å². The van der Waals surface area contributed by atoms with Crippen LogP contribution in [0.25, 0.3) is 0 Å². The van der Waals surface area contributed by atoms with Crippen molar-refractivity contribution in [1.82, 2.24) is 5.32 Å². The topological polar surface area (TPSA) is 105 Å². The number of carbonyl (C=O) groups excluding carboxylic acids is 1. The number of phenols is 1. The van der Waals surface area contributed by atoms with Crippen molar-refractivity contribution in [3.63, 3.8) is 0 Å². The van der Waals surface area contributed by atoms with Gasteiger partial charge in [-0.3, -0.25) is 4.79 Å². The minimum absolute atomic E-state index is 0.0143. The molecule has 0 heterocycles. The maximum absolute atomic E-state index is 13.4. The zero-order valence-electron chi connectivity index (χ0n) is 12.9. The Morgan fingerprint density at radius 1 is 1.29 bits per heavy atom. The largest absolute Gasteiger partial charge is 0.508 e. The molecule has 0 spiro atoms. The number of phenolic OH excluding ortho intramolecular Hbond substituents is 1. The summed E-state index contributed by atoms with van der Waals surface area (Å²) in [6.07, 6.45) is -1.01. The molecule has 2 aromatic rings. The van der Waals surface area contributed by atoms with Gasteiger partial charge in [0.05, 0.1) is 11.7 Å². The molecule has 0 radical (unpaired) electrons. The third-order valence-electron chi connectivity index (χ3n) is 3.27. The van der Waals surface area contributed by atoms with Gasteiger partial charge in [-0.2, -0.15) is 0 Å². The van der Waals surface area contributed by atoms with Crippen molar-refractivity contribution in [2.45, 2.75) is 6.10 Å². The summed E-state index contributed by atoms with van der Waals surface area (Å²) in [5.41, 5.74) is 5.83. The lowest BCUT2D eigenvalue weighted by Gasteiger charge is -2.14. The summed E-state index contributed by atoms with van der Waals surface area (Å²) in [5.74, 6) is -0.929. The Bertz CT molecular complexity index is 709. The van der Waals surface area contributed by atoms with Crippen molar-refractivity contribution in [2.24, 2.45) is 5.73 Å². The van der Waals surface area contributed by atoms with E-state index in [0.717, 1.165) is 6.07 Å². The molecule has 0 unspecified atom stereocenters. The first-order chi connectivity index (χ1) is 11.5. The monoisotopic (exact) mass is 334 g/mol. The van der Waals surface area contributed by atoms with Crippen LogP contribution in [0.4, 0.5) is 4.39 Å². The lowest BCUT2D eigenvalue weighted by molar-refractivity contribution is 0.0912. The van der Waals surface area contributed by atoms with Crippen molar-refractivity contribution in [3.05, 3.63) is 59.4 Å². The highest BCUT2D eigenvalue weighted by atomic mass is 19.1. The van der Waals surface area contributed by atoms with Crippen LogP contribution in [-0.4, -0.2) is 35.8 Å². The first-order valence-electron chi connectivity index (χ1n) is 7.39. The summed E-state index contributed by atoms with van der Waals surface area (Å²) >= 11 is 0. The minimum Gasteiger partial charge on any atom is -0.508 e. The van der Waals surface area contributed by atoms with Gasteiger partial charge in [-0.25, -0.2) is 4.39 Å². The SMILES string of the molecule is NCCOc1ccc(F)cc1C(=O)NC[C@H](O)c1cccc(O)c1. The second-order valence-electron chi connectivity index (χ2n) is 5.10. The van der Waals surface area contributed by atoms with E-state index in [1.54, 1.807) is 12.1 Å². The number of carbonyl (C=O) groups is 1. The molecule has 6 nitrogen and oxygen atoms in total. The van der Waals surface area contributed by atoms with Crippen molar-refractivity contribution < 1.29 is 24.1 Å². The van der Waals surface area contributed by atoms with Gasteiger partial charge in [0.25, 0.3) is 5.91 Å². The van der Waals surface area contributed by atoms with Gasteiger partial charge in [0.15, 0.2) is 0 Å². The Kier molecular flexibility index (Phi) is 6.11. The van der Waals surface area contributed by atoms with Crippen LogP contribution in [0.1, 0.15) is 22.0 Å². The third-order valence-corrected chi connectivity index (χ3v) is 3.27. The van der Waals surface area contributed by atoms with Crippen LogP contribution in [0.5, 0.6) is 11.5 Å². The Morgan fingerprint density at radius 2 is 2.08 bits per heavy atom. The highest BCUT2D eigenvalue weighted by molar-refractivity contribution is 5.96. The van der Waals surface area contributed by atoms with Crippen molar-refractivity contribution >= 4 is 5.91 Å². The fourth-order valence-corrected chi connectivity index (χ4v) is 2.11. The molecule has 0 aliphatic rings. The Labute approximate surface area is 138 Å². The molecule has 5 N–H and O–H groups in total. The molecule has 2 aromatic carbocycles. The summed E-state index contributed by atoms with van der Waals surface area (Å²) in [6.45, 7) is 0.349. The molecule has 0 aliphatic heterocycles. The molecule has 2 rings (SSSR count). The molecule has 0 fully saturated rings. The van der Waals surface area contributed by atoms with E-state index in [1.165, 1.54) is 24.3 Å². The Balaban J connectivity index is 2.05. The number of aliphatic hydroxyl groups is 1. The fraction of sp³-hybridized carbons (Fsp3) is 0.235. The number of hydrogen-bond donors (Lipinski definition) is 4. The van der Waals surface area contributed by atoms with E-state index in [-0.39, 0.29) is 36.8 Å². The predicted octanol–water partition coefficient (Wildman–Crippen LogP) is 1.33. The van der Waals surface area contributed by atoms with Gasteiger partial charge in [0.2, 0.25) is 0 Å². The van der Waals surface area contributed by atoms with Crippen molar-refractivity contribution in [1.29, 1.82) is 0 Å². The van der Waals surface area contributed by atoms with Crippen LogP contribution in [-0.2, 0) is 0 Å². The number of rotatable bonds is 7. The Morgan fingerprint density at radius 3 is 2.79 bits per heavy atom. The second-order valence-corrected chi connectivity index (χ2v) is 5.10. The van der Waals surface area contributed by atoms with Crippen LogP contribution >= 0.6 is 0 Å². The first kappa shape index (κ1) is 17.7. The van der Waals surface area contributed by atoms with Gasteiger partial charge in [-0.15, -0.1) is 0 Å². The maximum atomic E-state index is 13.4. The fourth-order valence-electron chi connectivity index (χ4n) is 2.11. The van der Waals surface area contributed by atoms with Gasteiger partial charge < -0.3 is 26.0 Å². The van der Waals surface area contributed by atoms with Gasteiger partial charge in [0.1, 0.15) is 23.9 Å².